The monoisotopic (exact) mass is 467 g/mol. The molecule has 1 atom stereocenters. The van der Waals surface area contributed by atoms with Crippen LogP contribution in [0.4, 0.5) is 5.82 Å². The van der Waals surface area contributed by atoms with E-state index in [2.05, 4.69) is 10.4 Å². The lowest BCUT2D eigenvalue weighted by molar-refractivity contribution is -0.118. The van der Waals surface area contributed by atoms with Crippen LogP contribution >= 0.6 is 0 Å². The molecule has 1 aromatic heterocycles. The molecule has 1 aliphatic rings. The largest absolute Gasteiger partial charge is 0.483 e. The maximum absolute atomic E-state index is 12.8. The van der Waals surface area contributed by atoms with Crippen molar-refractivity contribution in [3.63, 3.8) is 0 Å². The number of ether oxygens (including phenoxy) is 1. The van der Waals surface area contributed by atoms with Crippen molar-refractivity contribution in [1.82, 2.24) is 9.78 Å². The van der Waals surface area contributed by atoms with Crippen LogP contribution in [0.2, 0.25) is 0 Å². The molecule has 0 bridgehead atoms. The van der Waals surface area contributed by atoms with E-state index in [4.69, 9.17) is 4.74 Å². The number of carbonyl (C=O) groups excluding carboxylic acids is 1. The molecule has 0 radical (unpaired) electrons. The fourth-order valence-corrected chi connectivity index (χ4v) is 5.56. The molecule has 0 saturated carbocycles. The molecule has 4 rings (SSSR count). The number of amides is 1. The van der Waals surface area contributed by atoms with Gasteiger partial charge in [-0.1, -0.05) is 69.3 Å². The molecule has 1 saturated heterocycles. The number of aromatic nitrogens is 2. The van der Waals surface area contributed by atoms with Crippen molar-refractivity contribution in [2.45, 2.75) is 38.6 Å². The summed E-state index contributed by atoms with van der Waals surface area (Å²) in [6.07, 6.45) is 0.484. The van der Waals surface area contributed by atoms with Gasteiger partial charge in [0, 0.05) is 17.0 Å². The molecule has 1 amide bonds. The minimum absolute atomic E-state index is 0.0298. The zero-order chi connectivity index (χ0) is 23.6. The molecule has 0 aliphatic carbocycles. The van der Waals surface area contributed by atoms with Crippen LogP contribution in [0.1, 0.15) is 38.9 Å². The van der Waals surface area contributed by atoms with E-state index < -0.39 is 9.84 Å². The van der Waals surface area contributed by atoms with Gasteiger partial charge in [-0.2, -0.15) is 5.10 Å². The van der Waals surface area contributed by atoms with Gasteiger partial charge >= 0.3 is 0 Å². The molecule has 1 unspecified atom stereocenters. The summed E-state index contributed by atoms with van der Waals surface area (Å²) in [4.78, 5) is 12.8. The van der Waals surface area contributed by atoms with Gasteiger partial charge in [0.2, 0.25) is 0 Å². The first-order valence-corrected chi connectivity index (χ1v) is 12.8. The van der Waals surface area contributed by atoms with Crippen molar-refractivity contribution in [3.05, 3.63) is 66.4 Å². The molecule has 3 aromatic rings. The quantitative estimate of drug-likeness (QED) is 0.586. The predicted molar refractivity (Wildman–Crippen MR) is 129 cm³/mol. The van der Waals surface area contributed by atoms with Crippen molar-refractivity contribution >= 4 is 21.6 Å². The van der Waals surface area contributed by atoms with Crippen LogP contribution in [0.25, 0.3) is 11.1 Å². The second-order valence-electron chi connectivity index (χ2n) is 9.37. The van der Waals surface area contributed by atoms with Crippen LogP contribution in [-0.2, 0) is 20.0 Å². The van der Waals surface area contributed by atoms with Gasteiger partial charge in [0.25, 0.3) is 5.91 Å². The van der Waals surface area contributed by atoms with Crippen molar-refractivity contribution in [2.24, 2.45) is 0 Å². The van der Waals surface area contributed by atoms with Crippen molar-refractivity contribution in [2.75, 3.05) is 23.4 Å². The van der Waals surface area contributed by atoms with Gasteiger partial charge < -0.3 is 10.1 Å². The van der Waals surface area contributed by atoms with E-state index >= 15 is 0 Å². The summed E-state index contributed by atoms with van der Waals surface area (Å²) in [6.45, 7) is 5.91. The zero-order valence-corrected chi connectivity index (χ0v) is 19.9. The Labute approximate surface area is 194 Å². The zero-order valence-electron chi connectivity index (χ0n) is 19.1. The number of nitrogens with one attached hydrogen (secondary N) is 1. The van der Waals surface area contributed by atoms with Gasteiger partial charge in [-0.05, 0) is 18.1 Å². The molecule has 0 spiro atoms. The van der Waals surface area contributed by atoms with Gasteiger partial charge in [-0.15, -0.1) is 0 Å². The Balaban J connectivity index is 1.51. The molecule has 1 N–H and O–H groups in total. The first-order chi connectivity index (χ1) is 15.6. The summed E-state index contributed by atoms with van der Waals surface area (Å²) in [5, 5.41) is 7.53. The second kappa shape index (κ2) is 9.02. The number of hydrogen-bond donors (Lipinski definition) is 1. The third-order valence-electron chi connectivity index (χ3n) is 5.66. The number of nitrogens with zero attached hydrogens (tertiary/aromatic N) is 2. The smallest absolute Gasteiger partial charge is 0.263 e. The molecular weight excluding hydrogens is 438 g/mol. The van der Waals surface area contributed by atoms with Crippen LogP contribution in [-0.4, -0.2) is 42.2 Å². The van der Waals surface area contributed by atoms with Crippen LogP contribution < -0.4 is 10.1 Å². The highest BCUT2D eigenvalue weighted by atomic mass is 32.2. The lowest BCUT2D eigenvalue weighted by Gasteiger charge is -2.16. The van der Waals surface area contributed by atoms with Crippen LogP contribution in [0.15, 0.2) is 60.7 Å². The summed E-state index contributed by atoms with van der Waals surface area (Å²) in [6, 6.07) is 18.9. The fourth-order valence-electron chi connectivity index (χ4n) is 3.87. The number of carbonyl (C=O) groups is 1. The minimum Gasteiger partial charge on any atom is -0.483 e. The topological polar surface area (TPSA) is 90.3 Å². The van der Waals surface area contributed by atoms with E-state index in [0.717, 1.165) is 16.8 Å². The van der Waals surface area contributed by atoms with E-state index in [0.29, 0.717) is 18.0 Å². The number of sulfone groups is 1. The Hall–Kier alpha value is -3.13. The Bertz CT molecular complexity index is 1240. The van der Waals surface area contributed by atoms with E-state index in [1.807, 2.05) is 81.4 Å². The highest BCUT2D eigenvalue weighted by molar-refractivity contribution is 7.91. The molecular formula is C25H29N3O4S. The van der Waals surface area contributed by atoms with Gasteiger partial charge in [0.1, 0.15) is 11.6 Å². The van der Waals surface area contributed by atoms with Gasteiger partial charge in [0.05, 0.1) is 23.2 Å². The molecule has 1 aliphatic heterocycles. The number of para-hydroxylation sites is 1. The number of benzene rings is 2. The maximum Gasteiger partial charge on any atom is 0.263 e. The lowest BCUT2D eigenvalue weighted by atomic mass is 9.92. The van der Waals surface area contributed by atoms with Gasteiger partial charge in [-0.3, -0.25) is 4.79 Å². The fraction of sp³-hybridized carbons (Fsp3) is 0.360. The standard InChI is InChI=1S/C25H29N3O4S/c1-25(2,3)22-15-23(28(27-22)19-13-14-33(30,31)17-19)26-24(29)16-32-21-12-8-7-11-20(21)18-9-5-4-6-10-18/h4-12,15,19H,13-14,16-17H2,1-3H3,(H,26,29). The maximum atomic E-state index is 12.8. The van der Waals surface area contributed by atoms with Crippen molar-refractivity contribution < 1.29 is 17.9 Å². The first-order valence-electron chi connectivity index (χ1n) is 11.0. The minimum atomic E-state index is -3.09. The molecule has 1 fully saturated rings. The third kappa shape index (κ3) is 5.45. The normalized spacial score (nSPS) is 17.6. The van der Waals surface area contributed by atoms with E-state index in [1.165, 1.54) is 0 Å². The molecule has 8 heteroatoms. The third-order valence-corrected chi connectivity index (χ3v) is 7.41. The highest BCUT2D eigenvalue weighted by Gasteiger charge is 2.33. The molecule has 2 aromatic carbocycles. The second-order valence-corrected chi connectivity index (χ2v) is 11.6. The molecule has 174 valence electrons. The molecule has 2 heterocycles. The van der Waals surface area contributed by atoms with Crippen LogP contribution in [0.3, 0.4) is 0 Å². The number of rotatable bonds is 6. The molecule has 33 heavy (non-hydrogen) atoms. The van der Waals surface area contributed by atoms with E-state index in [1.54, 1.807) is 4.68 Å². The Morgan fingerprint density at radius 3 is 2.48 bits per heavy atom. The SMILES string of the molecule is CC(C)(C)c1cc(NC(=O)COc2ccccc2-c2ccccc2)n(C2CCS(=O)(=O)C2)n1. The highest BCUT2D eigenvalue weighted by Crippen LogP contribution is 2.32. The van der Waals surface area contributed by atoms with Gasteiger partial charge in [-0.25, -0.2) is 13.1 Å². The number of anilines is 1. The number of hydrogen-bond acceptors (Lipinski definition) is 5. The van der Waals surface area contributed by atoms with E-state index in [9.17, 15) is 13.2 Å². The first kappa shape index (κ1) is 23.0. The Morgan fingerprint density at radius 1 is 1.12 bits per heavy atom. The van der Waals surface area contributed by atoms with Crippen molar-refractivity contribution in [1.29, 1.82) is 0 Å². The van der Waals surface area contributed by atoms with Crippen LogP contribution in [0, 0.1) is 0 Å². The van der Waals surface area contributed by atoms with Gasteiger partial charge in [0.15, 0.2) is 16.4 Å². The van der Waals surface area contributed by atoms with Crippen LogP contribution in [0.5, 0.6) is 5.75 Å². The summed E-state index contributed by atoms with van der Waals surface area (Å²) >= 11 is 0. The average Bonchev–Trinajstić information content (AvgIpc) is 3.36. The summed E-state index contributed by atoms with van der Waals surface area (Å²) in [5.74, 6) is 0.939. The summed E-state index contributed by atoms with van der Waals surface area (Å²) < 4.78 is 31.5. The average molecular weight is 468 g/mol. The molecule has 7 nitrogen and oxygen atoms in total. The lowest BCUT2D eigenvalue weighted by Crippen LogP contribution is -2.24. The van der Waals surface area contributed by atoms with Crippen molar-refractivity contribution in [3.8, 4) is 16.9 Å². The Kier molecular flexibility index (Phi) is 6.30. The summed E-state index contributed by atoms with van der Waals surface area (Å²) in [7, 11) is -3.09. The predicted octanol–water partition coefficient (Wildman–Crippen LogP) is 4.22. The Morgan fingerprint density at radius 2 is 1.82 bits per heavy atom. The summed E-state index contributed by atoms with van der Waals surface area (Å²) in [5.41, 5.74) is 2.45. The van der Waals surface area contributed by atoms with E-state index in [-0.39, 0.29) is 35.5 Å².